The molecule has 1 heterocycles. The summed E-state index contributed by atoms with van der Waals surface area (Å²) in [5, 5.41) is 25.9. The maximum Gasteiger partial charge on any atom is 0.337 e. The molecule has 0 spiro atoms. The van der Waals surface area contributed by atoms with E-state index in [0.29, 0.717) is 0 Å². The lowest BCUT2D eigenvalue weighted by Crippen LogP contribution is -2.16. The summed E-state index contributed by atoms with van der Waals surface area (Å²) in [4.78, 5) is 33.1. The quantitative estimate of drug-likeness (QED) is 0.644. The van der Waals surface area contributed by atoms with E-state index in [2.05, 4.69) is 10.4 Å². The molecular weight excluding hydrogens is 280 g/mol. The predicted molar refractivity (Wildman–Crippen MR) is 71.2 cm³/mol. The number of nitrogens with zero attached hydrogens (tertiary/aromatic N) is 3. The highest BCUT2D eigenvalue weighted by molar-refractivity contribution is 6.07. The standard InChI is InChI=1S/C12H10N4O5/c1-15-5-4-9(14-15)11(17)13-10-6-7(16(20)21)2-3-8(10)12(18)19/h2-6H,1H3,(H,13,17)(H,18,19). The Hall–Kier alpha value is -3.23. The van der Waals surface area contributed by atoms with Crippen LogP contribution in [-0.2, 0) is 7.05 Å². The summed E-state index contributed by atoms with van der Waals surface area (Å²) >= 11 is 0. The number of nitrogens with one attached hydrogen (secondary N) is 1. The SMILES string of the molecule is Cn1ccc(C(=O)Nc2cc([N+](=O)[O-])ccc2C(=O)O)n1. The van der Waals surface area contributed by atoms with Crippen LogP contribution in [0.25, 0.3) is 0 Å². The Morgan fingerprint density at radius 1 is 1.38 bits per heavy atom. The molecule has 2 rings (SSSR count). The molecule has 1 aromatic heterocycles. The fraction of sp³-hybridized carbons (Fsp3) is 0.0833. The molecule has 9 nitrogen and oxygen atoms in total. The number of non-ortho nitro benzene ring substituents is 1. The predicted octanol–water partition coefficient (Wildman–Crippen LogP) is 1.28. The Balaban J connectivity index is 2.37. The fourth-order valence-electron chi connectivity index (χ4n) is 1.66. The molecule has 108 valence electrons. The van der Waals surface area contributed by atoms with Gasteiger partial charge in [0.15, 0.2) is 5.69 Å². The normalized spacial score (nSPS) is 10.1. The van der Waals surface area contributed by atoms with Crippen LogP contribution in [0.5, 0.6) is 0 Å². The van der Waals surface area contributed by atoms with E-state index in [1.54, 1.807) is 13.2 Å². The van der Waals surface area contributed by atoms with Crippen LogP contribution in [0.4, 0.5) is 11.4 Å². The second-order valence-electron chi connectivity index (χ2n) is 4.12. The molecule has 0 saturated carbocycles. The number of aromatic nitrogens is 2. The third-order valence-electron chi connectivity index (χ3n) is 2.64. The number of carbonyl (C=O) groups excluding carboxylic acids is 1. The highest BCUT2D eigenvalue weighted by Gasteiger charge is 2.18. The highest BCUT2D eigenvalue weighted by atomic mass is 16.6. The van der Waals surface area contributed by atoms with Gasteiger partial charge in [-0.15, -0.1) is 0 Å². The van der Waals surface area contributed by atoms with Crippen LogP contribution >= 0.6 is 0 Å². The Morgan fingerprint density at radius 2 is 2.10 bits per heavy atom. The minimum Gasteiger partial charge on any atom is -0.478 e. The van der Waals surface area contributed by atoms with Gasteiger partial charge in [0.1, 0.15) is 0 Å². The molecule has 0 saturated heterocycles. The molecule has 0 atom stereocenters. The first-order valence-corrected chi connectivity index (χ1v) is 5.71. The van der Waals surface area contributed by atoms with Crippen molar-refractivity contribution in [1.82, 2.24) is 9.78 Å². The smallest absolute Gasteiger partial charge is 0.337 e. The number of carboxylic acids is 1. The van der Waals surface area contributed by atoms with Gasteiger partial charge in [0.2, 0.25) is 0 Å². The van der Waals surface area contributed by atoms with E-state index >= 15 is 0 Å². The molecule has 1 amide bonds. The average molecular weight is 290 g/mol. The second-order valence-corrected chi connectivity index (χ2v) is 4.12. The number of nitro groups is 1. The molecule has 9 heteroatoms. The van der Waals surface area contributed by atoms with Gasteiger partial charge in [-0.25, -0.2) is 4.79 Å². The van der Waals surface area contributed by atoms with Crippen molar-refractivity contribution >= 4 is 23.3 Å². The number of aromatic carboxylic acids is 1. The number of carboxylic acid groups (broad SMARTS) is 1. The summed E-state index contributed by atoms with van der Waals surface area (Å²) in [6.07, 6.45) is 1.54. The van der Waals surface area contributed by atoms with Crippen molar-refractivity contribution in [2.75, 3.05) is 5.32 Å². The van der Waals surface area contributed by atoms with Crippen LogP contribution < -0.4 is 5.32 Å². The van der Waals surface area contributed by atoms with Crippen molar-refractivity contribution in [3.8, 4) is 0 Å². The number of anilines is 1. The molecule has 0 bridgehead atoms. The summed E-state index contributed by atoms with van der Waals surface area (Å²) in [7, 11) is 1.62. The highest BCUT2D eigenvalue weighted by Crippen LogP contribution is 2.23. The molecule has 0 aliphatic heterocycles. The third-order valence-corrected chi connectivity index (χ3v) is 2.64. The average Bonchev–Trinajstić information content (AvgIpc) is 2.85. The van der Waals surface area contributed by atoms with Crippen molar-refractivity contribution in [2.45, 2.75) is 0 Å². The van der Waals surface area contributed by atoms with Gasteiger partial charge in [-0.05, 0) is 12.1 Å². The first-order chi connectivity index (χ1) is 9.88. The Bertz CT molecular complexity index is 737. The molecule has 2 N–H and O–H groups in total. The Kier molecular flexibility index (Phi) is 3.65. The van der Waals surface area contributed by atoms with E-state index in [4.69, 9.17) is 5.11 Å². The zero-order chi connectivity index (χ0) is 15.6. The van der Waals surface area contributed by atoms with Crippen molar-refractivity contribution in [3.05, 3.63) is 51.8 Å². The van der Waals surface area contributed by atoms with Gasteiger partial charge in [0.05, 0.1) is 16.2 Å². The van der Waals surface area contributed by atoms with Gasteiger partial charge in [-0.1, -0.05) is 0 Å². The van der Waals surface area contributed by atoms with Crippen molar-refractivity contribution in [3.63, 3.8) is 0 Å². The van der Waals surface area contributed by atoms with Crippen molar-refractivity contribution in [2.24, 2.45) is 7.05 Å². The summed E-state index contributed by atoms with van der Waals surface area (Å²) in [5.74, 6) is -1.96. The van der Waals surface area contributed by atoms with Crippen LogP contribution in [0, 0.1) is 10.1 Å². The zero-order valence-corrected chi connectivity index (χ0v) is 10.8. The lowest BCUT2D eigenvalue weighted by Gasteiger charge is -2.07. The van der Waals surface area contributed by atoms with E-state index in [-0.39, 0.29) is 22.6 Å². The van der Waals surface area contributed by atoms with Gasteiger partial charge in [0.25, 0.3) is 11.6 Å². The summed E-state index contributed by atoms with van der Waals surface area (Å²) in [6.45, 7) is 0. The van der Waals surface area contributed by atoms with Crippen LogP contribution in [0.1, 0.15) is 20.8 Å². The first-order valence-electron chi connectivity index (χ1n) is 5.71. The van der Waals surface area contributed by atoms with E-state index in [9.17, 15) is 19.7 Å². The van der Waals surface area contributed by atoms with Gasteiger partial charge < -0.3 is 10.4 Å². The zero-order valence-electron chi connectivity index (χ0n) is 10.8. The Morgan fingerprint density at radius 3 is 2.62 bits per heavy atom. The topological polar surface area (TPSA) is 127 Å². The van der Waals surface area contributed by atoms with Gasteiger partial charge in [-0.2, -0.15) is 5.10 Å². The maximum atomic E-state index is 11.9. The van der Waals surface area contributed by atoms with Crippen molar-refractivity contribution in [1.29, 1.82) is 0 Å². The molecule has 1 aromatic carbocycles. The molecular formula is C12H10N4O5. The maximum absolute atomic E-state index is 11.9. The fourth-order valence-corrected chi connectivity index (χ4v) is 1.66. The number of benzene rings is 1. The number of rotatable bonds is 4. The number of aryl methyl sites for hydroxylation is 1. The van der Waals surface area contributed by atoms with Crippen LogP contribution in [-0.4, -0.2) is 31.7 Å². The Labute approximate surface area is 118 Å². The lowest BCUT2D eigenvalue weighted by molar-refractivity contribution is -0.384. The molecule has 0 radical (unpaired) electrons. The van der Waals surface area contributed by atoms with Crippen LogP contribution in [0.3, 0.4) is 0 Å². The molecule has 0 fully saturated rings. The summed E-state index contributed by atoms with van der Waals surface area (Å²) < 4.78 is 1.40. The molecule has 0 aliphatic carbocycles. The van der Waals surface area contributed by atoms with Crippen molar-refractivity contribution < 1.29 is 19.6 Å². The van der Waals surface area contributed by atoms with Gasteiger partial charge >= 0.3 is 5.97 Å². The third kappa shape index (κ3) is 3.03. The molecule has 0 aliphatic rings. The number of amides is 1. The van der Waals surface area contributed by atoms with Crippen LogP contribution in [0.15, 0.2) is 30.5 Å². The summed E-state index contributed by atoms with van der Waals surface area (Å²) in [6, 6.07) is 4.55. The molecule has 21 heavy (non-hydrogen) atoms. The first kappa shape index (κ1) is 14.2. The largest absolute Gasteiger partial charge is 0.478 e. The van der Waals surface area contributed by atoms with Gasteiger partial charge in [0, 0.05) is 25.4 Å². The van der Waals surface area contributed by atoms with E-state index in [1.807, 2.05) is 0 Å². The number of hydrogen-bond acceptors (Lipinski definition) is 5. The van der Waals surface area contributed by atoms with E-state index < -0.39 is 16.8 Å². The number of nitro benzene ring substituents is 1. The summed E-state index contributed by atoms with van der Waals surface area (Å²) in [5.41, 5.74) is -0.658. The molecule has 2 aromatic rings. The number of carbonyl (C=O) groups is 2. The minimum absolute atomic E-state index is 0.0698. The van der Waals surface area contributed by atoms with Crippen LogP contribution in [0.2, 0.25) is 0 Å². The second kappa shape index (κ2) is 5.41. The monoisotopic (exact) mass is 290 g/mol. The molecule has 0 unspecified atom stereocenters. The minimum atomic E-state index is -1.30. The van der Waals surface area contributed by atoms with E-state index in [1.165, 1.54) is 10.7 Å². The van der Waals surface area contributed by atoms with E-state index in [0.717, 1.165) is 18.2 Å². The van der Waals surface area contributed by atoms with Gasteiger partial charge in [-0.3, -0.25) is 19.6 Å². The number of hydrogen-bond donors (Lipinski definition) is 2. The lowest BCUT2D eigenvalue weighted by atomic mass is 10.1.